The number of rotatable bonds is 6. The van der Waals surface area contributed by atoms with Gasteiger partial charge in [-0.05, 0) is 19.1 Å². The molecule has 10 heteroatoms. The summed E-state index contributed by atoms with van der Waals surface area (Å²) in [6, 6.07) is 9.22. The molecule has 0 atom stereocenters. The smallest absolute Gasteiger partial charge is 0.355 e. The van der Waals surface area contributed by atoms with Gasteiger partial charge in [0.15, 0.2) is 5.82 Å². The van der Waals surface area contributed by atoms with Crippen molar-refractivity contribution in [1.82, 2.24) is 20.1 Å². The average Bonchev–Trinajstić information content (AvgIpc) is 3.14. The van der Waals surface area contributed by atoms with E-state index in [-0.39, 0.29) is 22.8 Å². The largest absolute Gasteiger partial charge is 0.419 e. The SMILES string of the molecule is CCn1ccc(Nc2cc(Nc3ccccc3C(=O)NC)c(C(F)(F)F)cn2)n1. The van der Waals surface area contributed by atoms with Gasteiger partial charge in [0, 0.05) is 38.1 Å². The van der Waals surface area contributed by atoms with E-state index >= 15 is 0 Å². The van der Waals surface area contributed by atoms with Gasteiger partial charge < -0.3 is 16.0 Å². The van der Waals surface area contributed by atoms with Crippen molar-refractivity contribution < 1.29 is 18.0 Å². The summed E-state index contributed by atoms with van der Waals surface area (Å²) >= 11 is 0. The first kappa shape index (κ1) is 20.2. The third-order valence-electron chi connectivity index (χ3n) is 4.10. The van der Waals surface area contributed by atoms with Crippen LogP contribution in [0, 0.1) is 0 Å². The monoisotopic (exact) mass is 404 g/mol. The molecule has 3 aromatic rings. The van der Waals surface area contributed by atoms with E-state index in [0.29, 0.717) is 12.4 Å². The molecule has 0 saturated heterocycles. The molecule has 0 aliphatic carbocycles. The number of anilines is 4. The number of nitrogens with zero attached hydrogens (tertiary/aromatic N) is 3. The lowest BCUT2D eigenvalue weighted by Crippen LogP contribution is -2.19. The fourth-order valence-electron chi connectivity index (χ4n) is 2.66. The van der Waals surface area contributed by atoms with Crippen LogP contribution in [-0.4, -0.2) is 27.7 Å². The number of halogens is 3. The normalized spacial score (nSPS) is 11.2. The maximum Gasteiger partial charge on any atom is 0.419 e. The highest BCUT2D eigenvalue weighted by Gasteiger charge is 2.34. The van der Waals surface area contributed by atoms with Gasteiger partial charge in [-0.2, -0.15) is 18.3 Å². The van der Waals surface area contributed by atoms with Crippen molar-refractivity contribution in [3.05, 3.63) is 59.9 Å². The van der Waals surface area contributed by atoms with Crippen molar-refractivity contribution in [2.45, 2.75) is 19.6 Å². The van der Waals surface area contributed by atoms with Crippen molar-refractivity contribution in [3.63, 3.8) is 0 Å². The first-order chi connectivity index (χ1) is 13.8. The van der Waals surface area contributed by atoms with Crippen LogP contribution in [0.25, 0.3) is 0 Å². The predicted octanol–water partition coefficient (Wildman–Crippen LogP) is 4.16. The number of aromatic nitrogens is 3. The maximum absolute atomic E-state index is 13.5. The van der Waals surface area contributed by atoms with Gasteiger partial charge in [0.25, 0.3) is 5.91 Å². The van der Waals surface area contributed by atoms with Crippen molar-refractivity contribution in [2.75, 3.05) is 17.7 Å². The summed E-state index contributed by atoms with van der Waals surface area (Å²) in [6.07, 6.45) is -2.14. The first-order valence-electron chi connectivity index (χ1n) is 8.77. The molecule has 0 saturated carbocycles. The molecule has 29 heavy (non-hydrogen) atoms. The number of para-hydroxylation sites is 1. The summed E-state index contributed by atoms with van der Waals surface area (Å²) in [5.41, 5.74) is -0.726. The number of aryl methyl sites for hydroxylation is 1. The van der Waals surface area contributed by atoms with E-state index in [1.165, 1.54) is 25.2 Å². The van der Waals surface area contributed by atoms with Crippen LogP contribution in [-0.2, 0) is 12.7 Å². The summed E-state index contributed by atoms with van der Waals surface area (Å²) in [4.78, 5) is 15.9. The van der Waals surface area contributed by atoms with Gasteiger partial charge in [-0.1, -0.05) is 12.1 Å². The van der Waals surface area contributed by atoms with E-state index in [4.69, 9.17) is 0 Å². The highest BCUT2D eigenvalue weighted by molar-refractivity contribution is 6.00. The van der Waals surface area contributed by atoms with Crippen LogP contribution in [0.1, 0.15) is 22.8 Å². The molecule has 0 radical (unpaired) electrons. The molecule has 1 amide bonds. The second-order valence-electron chi connectivity index (χ2n) is 6.04. The third kappa shape index (κ3) is 4.65. The minimum absolute atomic E-state index is 0.180. The molecular weight excluding hydrogens is 385 g/mol. The van der Waals surface area contributed by atoms with Crippen LogP contribution < -0.4 is 16.0 Å². The zero-order valence-electron chi connectivity index (χ0n) is 15.7. The quantitative estimate of drug-likeness (QED) is 0.575. The lowest BCUT2D eigenvalue weighted by Gasteiger charge is -2.17. The van der Waals surface area contributed by atoms with Gasteiger partial charge in [-0.3, -0.25) is 9.48 Å². The summed E-state index contributed by atoms with van der Waals surface area (Å²) in [6.45, 7) is 2.57. The van der Waals surface area contributed by atoms with Crippen LogP contribution in [0.5, 0.6) is 0 Å². The van der Waals surface area contributed by atoms with E-state index in [1.807, 2.05) is 6.92 Å². The lowest BCUT2D eigenvalue weighted by molar-refractivity contribution is -0.137. The van der Waals surface area contributed by atoms with Crippen molar-refractivity contribution in [2.24, 2.45) is 0 Å². The van der Waals surface area contributed by atoms with Crippen LogP contribution in [0.4, 0.5) is 36.2 Å². The van der Waals surface area contributed by atoms with Crippen LogP contribution in [0.15, 0.2) is 48.8 Å². The molecule has 3 N–H and O–H groups in total. The lowest BCUT2D eigenvalue weighted by atomic mass is 10.1. The molecule has 152 valence electrons. The molecule has 1 aromatic carbocycles. The van der Waals surface area contributed by atoms with E-state index in [0.717, 1.165) is 6.20 Å². The Kier molecular flexibility index (Phi) is 5.71. The summed E-state index contributed by atoms with van der Waals surface area (Å²) in [7, 11) is 1.45. The van der Waals surface area contributed by atoms with Gasteiger partial charge in [0.1, 0.15) is 5.82 Å². The van der Waals surface area contributed by atoms with Crippen LogP contribution >= 0.6 is 0 Å². The number of benzene rings is 1. The Labute approximate surface area is 165 Å². The summed E-state index contributed by atoms with van der Waals surface area (Å²) < 4.78 is 42.1. The highest BCUT2D eigenvalue weighted by Crippen LogP contribution is 2.37. The molecule has 0 aliphatic rings. The molecule has 0 bridgehead atoms. The second-order valence-corrected chi connectivity index (χ2v) is 6.04. The number of alkyl halides is 3. The standard InChI is InChI=1S/C19H19F3N6O/c1-3-28-9-8-16(27-28)26-17-10-15(13(11-24-17)19(20,21)22)25-14-7-5-4-6-12(14)18(29)23-2/h4-11H,3H2,1-2H3,(H,23,29)(H2,24,25,26,27). The number of nitrogens with one attached hydrogen (secondary N) is 3. The average molecular weight is 404 g/mol. The Morgan fingerprint density at radius 2 is 1.86 bits per heavy atom. The number of pyridine rings is 1. The molecule has 2 heterocycles. The number of amides is 1. The Hall–Kier alpha value is -3.56. The molecule has 3 rings (SSSR count). The van der Waals surface area contributed by atoms with Crippen LogP contribution in [0.2, 0.25) is 0 Å². The van der Waals surface area contributed by atoms with Gasteiger partial charge in [0.2, 0.25) is 0 Å². The number of hydrogen-bond donors (Lipinski definition) is 3. The van der Waals surface area contributed by atoms with Crippen molar-refractivity contribution in [3.8, 4) is 0 Å². The fourth-order valence-corrected chi connectivity index (χ4v) is 2.66. The van der Waals surface area contributed by atoms with E-state index in [9.17, 15) is 18.0 Å². The molecule has 0 aliphatic heterocycles. The molecule has 2 aromatic heterocycles. The second kappa shape index (κ2) is 8.21. The van der Waals surface area contributed by atoms with Crippen LogP contribution in [0.3, 0.4) is 0 Å². The minimum atomic E-state index is -4.63. The Morgan fingerprint density at radius 3 is 2.52 bits per heavy atom. The molecule has 7 nitrogen and oxygen atoms in total. The maximum atomic E-state index is 13.5. The Balaban J connectivity index is 1.98. The zero-order valence-corrected chi connectivity index (χ0v) is 15.7. The highest BCUT2D eigenvalue weighted by atomic mass is 19.4. The topological polar surface area (TPSA) is 83.9 Å². The van der Waals surface area contributed by atoms with E-state index < -0.39 is 17.6 Å². The van der Waals surface area contributed by atoms with E-state index in [1.54, 1.807) is 29.1 Å². The Morgan fingerprint density at radius 1 is 1.10 bits per heavy atom. The van der Waals surface area contributed by atoms with Crippen molar-refractivity contribution in [1.29, 1.82) is 0 Å². The molecule has 0 fully saturated rings. The molecule has 0 spiro atoms. The van der Waals surface area contributed by atoms with Gasteiger partial charge in [-0.25, -0.2) is 4.98 Å². The fraction of sp³-hybridized carbons (Fsp3) is 0.211. The van der Waals surface area contributed by atoms with E-state index in [2.05, 4.69) is 26.0 Å². The molecular formula is C19H19F3N6O. The Bertz CT molecular complexity index is 1020. The number of hydrogen-bond acceptors (Lipinski definition) is 5. The number of carbonyl (C=O) groups is 1. The molecule has 0 unspecified atom stereocenters. The van der Waals surface area contributed by atoms with Gasteiger partial charge in [-0.15, -0.1) is 0 Å². The third-order valence-corrected chi connectivity index (χ3v) is 4.10. The van der Waals surface area contributed by atoms with Crippen molar-refractivity contribution >= 4 is 28.9 Å². The zero-order chi connectivity index (χ0) is 21.0. The van der Waals surface area contributed by atoms with Gasteiger partial charge in [0.05, 0.1) is 22.5 Å². The summed E-state index contributed by atoms with van der Waals surface area (Å²) in [5, 5.41) is 12.3. The summed E-state index contributed by atoms with van der Waals surface area (Å²) in [5.74, 6) is 0.217. The van der Waals surface area contributed by atoms with Gasteiger partial charge >= 0.3 is 6.18 Å². The first-order valence-corrected chi connectivity index (χ1v) is 8.77. The predicted molar refractivity (Wildman–Crippen MR) is 104 cm³/mol. The number of carbonyl (C=O) groups excluding carboxylic acids is 1. The minimum Gasteiger partial charge on any atom is -0.355 e.